The van der Waals surface area contributed by atoms with Crippen molar-refractivity contribution in [2.24, 2.45) is 0 Å². The quantitative estimate of drug-likeness (QED) is 0.803. The molecule has 1 aliphatic rings. The van der Waals surface area contributed by atoms with Gasteiger partial charge in [-0.25, -0.2) is 8.42 Å². The van der Waals surface area contributed by atoms with Gasteiger partial charge >= 0.3 is 0 Å². The Bertz CT molecular complexity index is 869. The summed E-state index contributed by atoms with van der Waals surface area (Å²) in [4.78, 5) is 6.10. The Kier molecular flexibility index (Phi) is 5.30. The molecule has 3 rings (SSSR count). The Labute approximate surface area is 149 Å². The largest absolute Gasteiger partial charge is 0.496 e. The van der Waals surface area contributed by atoms with Crippen LogP contribution in [0.15, 0.2) is 47.4 Å². The van der Waals surface area contributed by atoms with Crippen molar-refractivity contribution in [3.05, 3.63) is 48.2 Å². The molecule has 134 valence electrons. The summed E-state index contributed by atoms with van der Waals surface area (Å²) >= 11 is 0. The average Bonchev–Trinajstić information content (AvgIpc) is 3.10. The lowest BCUT2D eigenvalue weighted by atomic mass is 10.1. The van der Waals surface area contributed by atoms with Gasteiger partial charge in [0.05, 0.1) is 17.8 Å². The van der Waals surface area contributed by atoms with E-state index in [-0.39, 0.29) is 5.75 Å². The Balaban J connectivity index is 1.90. The van der Waals surface area contributed by atoms with Gasteiger partial charge in [0, 0.05) is 36.6 Å². The predicted molar refractivity (Wildman–Crippen MR) is 99.5 cm³/mol. The van der Waals surface area contributed by atoms with Gasteiger partial charge in [-0.2, -0.15) is 0 Å². The van der Waals surface area contributed by atoms with Crippen LogP contribution in [0.3, 0.4) is 0 Å². The number of aromatic nitrogens is 1. The number of aromatic amines is 1. The molecule has 0 saturated carbocycles. The van der Waals surface area contributed by atoms with Gasteiger partial charge in [0.2, 0.25) is 0 Å². The second kappa shape index (κ2) is 7.45. The van der Waals surface area contributed by atoms with E-state index in [9.17, 15) is 8.42 Å². The highest BCUT2D eigenvalue weighted by Crippen LogP contribution is 2.32. The molecule has 5 nitrogen and oxygen atoms in total. The highest BCUT2D eigenvalue weighted by molar-refractivity contribution is 7.91. The fourth-order valence-electron chi connectivity index (χ4n) is 3.02. The number of methoxy groups -OCH3 is 1. The fourth-order valence-corrected chi connectivity index (χ4v) is 3.93. The van der Waals surface area contributed by atoms with Gasteiger partial charge in [0.25, 0.3) is 0 Å². The fraction of sp³-hybridized carbons (Fsp3) is 0.368. The molecule has 25 heavy (non-hydrogen) atoms. The Morgan fingerprint density at radius 2 is 2.04 bits per heavy atom. The maximum atomic E-state index is 12.2. The Morgan fingerprint density at radius 3 is 2.72 bits per heavy atom. The van der Waals surface area contributed by atoms with Crippen molar-refractivity contribution in [2.75, 3.05) is 26.0 Å². The highest BCUT2D eigenvalue weighted by atomic mass is 32.2. The number of sulfone groups is 1. The van der Waals surface area contributed by atoms with Gasteiger partial charge < -0.3 is 9.72 Å². The van der Waals surface area contributed by atoms with E-state index >= 15 is 0 Å². The molecule has 0 aliphatic carbocycles. The molecular weight excluding hydrogens is 336 g/mol. The zero-order valence-electron chi connectivity index (χ0n) is 14.7. The van der Waals surface area contributed by atoms with E-state index in [0.717, 1.165) is 43.0 Å². The van der Waals surface area contributed by atoms with Crippen LogP contribution in [0.5, 0.6) is 5.75 Å². The van der Waals surface area contributed by atoms with Crippen molar-refractivity contribution in [3.8, 4) is 17.0 Å². The first-order valence-corrected chi connectivity index (χ1v) is 10.1. The molecule has 0 spiro atoms. The third-order valence-corrected chi connectivity index (χ3v) is 6.22. The molecule has 0 saturated heterocycles. The molecule has 2 aromatic rings. The minimum Gasteiger partial charge on any atom is -0.496 e. The van der Waals surface area contributed by atoms with Crippen molar-refractivity contribution >= 4 is 9.84 Å². The topological polar surface area (TPSA) is 62.4 Å². The first kappa shape index (κ1) is 17.8. The van der Waals surface area contributed by atoms with Crippen molar-refractivity contribution in [1.29, 1.82) is 0 Å². The van der Waals surface area contributed by atoms with Gasteiger partial charge in [0.15, 0.2) is 9.84 Å². The van der Waals surface area contributed by atoms with E-state index in [2.05, 4.69) is 22.0 Å². The number of benzene rings is 1. The van der Waals surface area contributed by atoms with Crippen LogP contribution in [0, 0.1) is 0 Å². The maximum absolute atomic E-state index is 12.2. The summed E-state index contributed by atoms with van der Waals surface area (Å²) in [6.07, 6.45) is 5.48. The Hall–Kier alpha value is -2.05. The lowest BCUT2D eigenvalue weighted by Crippen LogP contribution is -2.26. The van der Waals surface area contributed by atoms with Gasteiger partial charge in [-0.3, -0.25) is 4.90 Å². The molecule has 1 N–H and O–H groups in total. The van der Waals surface area contributed by atoms with Crippen LogP contribution in [-0.2, 0) is 16.4 Å². The molecule has 1 aromatic carbocycles. The molecule has 0 amide bonds. The van der Waals surface area contributed by atoms with Gasteiger partial charge in [-0.1, -0.05) is 19.1 Å². The van der Waals surface area contributed by atoms with Crippen LogP contribution in [-0.4, -0.2) is 44.3 Å². The van der Waals surface area contributed by atoms with Gasteiger partial charge in [-0.15, -0.1) is 0 Å². The van der Waals surface area contributed by atoms with E-state index in [0.29, 0.717) is 10.6 Å². The molecule has 0 fully saturated rings. The monoisotopic (exact) mass is 360 g/mol. The molecule has 1 aromatic heterocycles. The third kappa shape index (κ3) is 3.96. The molecule has 0 unspecified atom stereocenters. The summed E-state index contributed by atoms with van der Waals surface area (Å²) in [6.45, 7) is 4.51. The van der Waals surface area contributed by atoms with E-state index in [4.69, 9.17) is 4.74 Å². The maximum Gasteiger partial charge on any atom is 0.178 e. The molecule has 0 bridgehead atoms. The second-order valence-corrected chi connectivity index (χ2v) is 8.44. The zero-order valence-corrected chi connectivity index (χ0v) is 15.5. The average molecular weight is 360 g/mol. The lowest BCUT2D eigenvalue weighted by molar-refractivity contribution is 0.288. The number of hydrogen-bond acceptors (Lipinski definition) is 4. The second-order valence-electron chi connectivity index (χ2n) is 6.16. The zero-order chi connectivity index (χ0) is 17.9. The van der Waals surface area contributed by atoms with E-state index in [1.807, 2.05) is 12.1 Å². The summed E-state index contributed by atoms with van der Waals surface area (Å²) in [6, 6.07) is 9.04. The summed E-state index contributed by atoms with van der Waals surface area (Å²) < 4.78 is 29.8. The summed E-state index contributed by atoms with van der Waals surface area (Å²) in [5.41, 5.74) is 2.74. The number of nitrogens with zero attached hydrogens (tertiary/aromatic N) is 1. The summed E-state index contributed by atoms with van der Waals surface area (Å²) in [7, 11) is -1.66. The molecule has 0 radical (unpaired) electrons. The van der Waals surface area contributed by atoms with Crippen LogP contribution >= 0.6 is 0 Å². The number of H-pyrrole nitrogens is 1. The minimum atomic E-state index is -3.25. The molecule has 1 aliphatic heterocycles. The number of hydrogen-bond donors (Lipinski definition) is 1. The smallest absolute Gasteiger partial charge is 0.178 e. The molecular formula is C19H24N2O3S. The third-order valence-electron chi connectivity index (χ3n) is 4.48. The highest BCUT2D eigenvalue weighted by Gasteiger charge is 2.17. The van der Waals surface area contributed by atoms with Gasteiger partial charge in [-0.05, 0) is 36.8 Å². The van der Waals surface area contributed by atoms with Crippen LogP contribution in [0.4, 0.5) is 0 Å². The number of rotatable bonds is 6. The van der Waals surface area contributed by atoms with E-state index < -0.39 is 9.84 Å². The van der Waals surface area contributed by atoms with E-state index in [1.165, 1.54) is 0 Å². The van der Waals surface area contributed by atoms with Crippen molar-refractivity contribution < 1.29 is 13.2 Å². The van der Waals surface area contributed by atoms with Crippen LogP contribution < -0.4 is 4.74 Å². The van der Waals surface area contributed by atoms with E-state index in [1.54, 1.807) is 32.2 Å². The summed E-state index contributed by atoms with van der Waals surface area (Å²) in [5.74, 6) is 0.737. The standard InChI is InChI=1S/C19H24N2O3S/c1-3-25(22,23)16-8-10-19(24-2)17(13-16)18-9-7-15(20-18)14-21-11-5-4-6-12-21/h4-5,7-10,13,20H,3,6,11-12,14H2,1-2H3. The molecule has 0 atom stereocenters. The summed E-state index contributed by atoms with van der Waals surface area (Å²) in [5, 5.41) is 0. The number of nitrogens with one attached hydrogen (secondary N) is 1. The van der Waals surface area contributed by atoms with Crippen LogP contribution in [0.25, 0.3) is 11.3 Å². The van der Waals surface area contributed by atoms with Crippen LogP contribution in [0.1, 0.15) is 19.0 Å². The minimum absolute atomic E-state index is 0.0806. The molecule has 6 heteroatoms. The van der Waals surface area contributed by atoms with Crippen molar-refractivity contribution in [2.45, 2.75) is 24.8 Å². The lowest BCUT2D eigenvalue weighted by Gasteiger charge is -2.22. The van der Waals surface area contributed by atoms with Crippen molar-refractivity contribution in [1.82, 2.24) is 9.88 Å². The van der Waals surface area contributed by atoms with Crippen LogP contribution in [0.2, 0.25) is 0 Å². The first-order valence-electron chi connectivity index (χ1n) is 8.50. The molecule has 2 heterocycles. The van der Waals surface area contributed by atoms with Gasteiger partial charge in [0.1, 0.15) is 5.75 Å². The SMILES string of the molecule is CCS(=O)(=O)c1ccc(OC)c(-c2ccc(CN3CC=CCC3)[nH]2)c1. The normalized spacial score (nSPS) is 15.4. The Morgan fingerprint density at radius 1 is 1.20 bits per heavy atom. The first-order chi connectivity index (χ1) is 12.0. The van der Waals surface area contributed by atoms with Crippen molar-refractivity contribution in [3.63, 3.8) is 0 Å². The predicted octanol–water partition coefficient (Wildman–Crippen LogP) is 3.25. The number of ether oxygens (including phenoxy) is 1.